The Morgan fingerprint density at radius 1 is 1.42 bits per heavy atom. The Morgan fingerprint density at radius 2 is 2.00 bits per heavy atom. The number of aromatic nitrogens is 1. The minimum absolute atomic E-state index is 0.167. The van der Waals surface area contributed by atoms with E-state index in [0.717, 1.165) is 18.6 Å². The maximum absolute atomic E-state index is 5.26. The maximum atomic E-state index is 5.26. The summed E-state index contributed by atoms with van der Waals surface area (Å²) in [5, 5.41) is 3.81. The van der Waals surface area contributed by atoms with Crippen molar-refractivity contribution in [2.24, 2.45) is 0 Å². The molecule has 0 saturated carbocycles. The fraction of sp³-hybridized carbons (Fsp3) is 0.700. The van der Waals surface area contributed by atoms with Gasteiger partial charge in [0.05, 0.1) is 6.20 Å². The van der Waals surface area contributed by atoms with Gasteiger partial charge in [0, 0.05) is 11.0 Å². The Hall–Kier alpha value is -0.790. The average molecular weight is 167 g/mol. The Bertz CT molecular complexity index is 248. The topological polar surface area (TPSA) is 26.0 Å². The van der Waals surface area contributed by atoms with Crippen LogP contribution < -0.4 is 0 Å². The van der Waals surface area contributed by atoms with E-state index in [4.69, 9.17) is 4.52 Å². The van der Waals surface area contributed by atoms with E-state index in [1.807, 2.05) is 0 Å². The van der Waals surface area contributed by atoms with E-state index in [9.17, 15) is 0 Å². The molecule has 68 valence electrons. The Kier molecular flexibility index (Phi) is 2.55. The molecule has 2 nitrogen and oxygen atoms in total. The van der Waals surface area contributed by atoms with Crippen molar-refractivity contribution in [2.75, 3.05) is 0 Å². The minimum atomic E-state index is 0.167. The van der Waals surface area contributed by atoms with Crippen LogP contribution in [-0.4, -0.2) is 5.16 Å². The van der Waals surface area contributed by atoms with Crippen molar-refractivity contribution in [3.05, 3.63) is 17.5 Å². The minimum Gasteiger partial charge on any atom is -0.361 e. The van der Waals surface area contributed by atoms with Crippen LogP contribution in [0.3, 0.4) is 0 Å². The number of hydrogen-bond donors (Lipinski definition) is 0. The second kappa shape index (κ2) is 3.30. The van der Waals surface area contributed by atoms with E-state index in [1.165, 1.54) is 5.56 Å². The molecule has 1 aromatic heterocycles. The quantitative estimate of drug-likeness (QED) is 0.691. The molecule has 2 heteroatoms. The van der Waals surface area contributed by atoms with E-state index < -0.39 is 0 Å². The molecule has 1 aromatic rings. The first-order valence-electron chi connectivity index (χ1n) is 4.55. The lowest BCUT2D eigenvalue weighted by Crippen LogP contribution is -2.19. The van der Waals surface area contributed by atoms with E-state index in [1.54, 1.807) is 6.20 Å². The molecule has 1 heterocycles. The van der Waals surface area contributed by atoms with Gasteiger partial charge in [-0.3, -0.25) is 0 Å². The number of aryl methyl sites for hydroxylation is 1. The molecule has 0 N–H and O–H groups in total. The molecule has 0 saturated heterocycles. The summed E-state index contributed by atoms with van der Waals surface area (Å²) in [6.07, 6.45) is 3.98. The molecule has 0 amide bonds. The zero-order chi connectivity index (χ0) is 9.19. The van der Waals surface area contributed by atoms with Crippen molar-refractivity contribution in [3.63, 3.8) is 0 Å². The van der Waals surface area contributed by atoms with Crippen LogP contribution in [0, 0.1) is 6.92 Å². The highest BCUT2D eigenvalue weighted by Gasteiger charge is 2.28. The third kappa shape index (κ3) is 1.38. The van der Waals surface area contributed by atoms with Gasteiger partial charge in [0.2, 0.25) is 0 Å². The predicted molar refractivity (Wildman–Crippen MR) is 49.2 cm³/mol. The lowest BCUT2D eigenvalue weighted by molar-refractivity contribution is 0.287. The van der Waals surface area contributed by atoms with Gasteiger partial charge in [-0.25, -0.2) is 0 Å². The summed E-state index contributed by atoms with van der Waals surface area (Å²) in [5.74, 6) is 1.05. The number of rotatable bonds is 3. The second-order valence-corrected chi connectivity index (χ2v) is 3.61. The molecule has 0 unspecified atom stereocenters. The fourth-order valence-corrected chi connectivity index (χ4v) is 1.45. The molecule has 1 rings (SSSR count). The van der Waals surface area contributed by atoms with E-state index in [-0.39, 0.29) is 5.41 Å². The van der Waals surface area contributed by atoms with Crippen LogP contribution in [0.5, 0.6) is 0 Å². The van der Waals surface area contributed by atoms with Gasteiger partial charge >= 0.3 is 0 Å². The molecular weight excluding hydrogens is 150 g/mol. The summed E-state index contributed by atoms with van der Waals surface area (Å²) in [5.41, 5.74) is 1.34. The van der Waals surface area contributed by atoms with Crippen LogP contribution in [0.25, 0.3) is 0 Å². The first kappa shape index (κ1) is 9.30. The summed E-state index contributed by atoms with van der Waals surface area (Å²) >= 11 is 0. The van der Waals surface area contributed by atoms with Crippen LogP contribution in [0.4, 0.5) is 0 Å². The van der Waals surface area contributed by atoms with Gasteiger partial charge < -0.3 is 4.52 Å². The van der Waals surface area contributed by atoms with Crippen molar-refractivity contribution in [2.45, 2.75) is 46.0 Å². The van der Waals surface area contributed by atoms with E-state index in [0.29, 0.717) is 0 Å². The monoisotopic (exact) mass is 167 g/mol. The smallest absolute Gasteiger partial charge is 0.145 e. The third-order valence-electron chi connectivity index (χ3n) is 2.86. The van der Waals surface area contributed by atoms with Crippen molar-refractivity contribution in [1.82, 2.24) is 5.16 Å². The lowest BCUT2D eigenvalue weighted by Gasteiger charge is -2.23. The van der Waals surface area contributed by atoms with E-state index >= 15 is 0 Å². The van der Waals surface area contributed by atoms with Gasteiger partial charge in [-0.15, -0.1) is 0 Å². The van der Waals surface area contributed by atoms with E-state index in [2.05, 4.69) is 32.9 Å². The zero-order valence-electron chi connectivity index (χ0n) is 8.35. The van der Waals surface area contributed by atoms with Gasteiger partial charge in [0.15, 0.2) is 0 Å². The fourth-order valence-electron chi connectivity index (χ4n) is 1.45. The van der Waals surface area contributed by atoms with Crippen LogP contribution in [-0.2, 0) is 5.41 Å². The van der Waals surface area contributed by atoms with Gasteiger partial charge in [-0.05, 0) is 19.8 Å². The molecule has 0 aliphatic rings. The molecule has 0 aliphatic heterocycles. The average Bonchev–Trinajstić information content (AvgIpc) is 2.51. The van der Waals surface area contributed by atoms with Gasteiger partial charge in [0.1, 0.15) is 5.76 Å². The maximum Gasteiger partial charge on any atom is 0.145 e. The summed E-state index contributed by atoms with van der Waals surface area (Å²) in [6, 6.07) is 0. The van der Waals surface area contributed by atoms with Gasteiger partial charge in [0.25, 0.3) is 0 Å². The van der Waals surface area contributed by atoms with Gasteiger partial charge in [-0.1, -0.05) is 25.9 Å². The predicted octanol–water partition coefficient (Wildman–Crippen LogP) is 3.06. The largest absolute Gasteiger partial charge is 0.361 e. The molecule has 0 atom stereocenters. The highest BCUT2D eigenvalue weighted by molar-refractivity contribution is 5.20. The molecule has 12 heavy (non-hydrogen) atoms. The molecular formula is C10H17NO. The zero-order valence-corrected chi connectivity index (χ0v) is 8.35. The molecule has 0 bridgehead atoms. The molecule has 0 fully saturated rings. The number of hydrogen-bond acceptors (Lipinski definition) is 2. The SMILES string of the molecule is CCC(C)(CC)c1oncc1C. The summed E-state index contributed by atoms with van der Waals surface area (Å²) in [4.78, 5) is 0. The van der Waals surface area contributed by atoms with Gasteiger partial charge in [-0.2, -0.15) is 0 Å². The molecule has 0 spiro atoms. The summed E-state index contributed by atoms with van der Waals surface area (Å²) in [6.45, 7) is 8.65. The molecule has 0 aromatic carbocycles. The second-order valence-electron chi connectivity index (χ2n) is 3.61. The van der Waals surface area contributed by atoms with Crippen molar-refractivity contribution in [3.8, 4) is 0 Å². The Morgan fingerprint density at radius 3 is 2.33 bits per heavy atom. The lowest BCUT2D eigenvalue weighted by atomic mass is 9.81. The highest BCUT2D eigenvalue weighted by atomic mass is 16.5. The first-order valence-corrected chi connectivity index (χ1v) is 4.55. The molecule has 0 aliphatic carbocycles. The van der Waals surface area contributed by atoms with Crippen molar-refractivity contribution in [1.29, 1.82) is 0 Å². The Balaban J connectivity index is 3.02. The highest BCUT2D eigenvalue weighted by Crippen LogP contribution is 2.32. The van der Waals surface area contributed by atoms with Crippen molar-refractivity contribution >= 4 is 0 Å². The van der Waals surface area contributed by atoms with Crippen molar-refractivity contribution < 1.29 is 4.52 Å². The van der Waals surface area contributed by atoms with Crippen LogP contribution in [0.15, 0.2) is 10.7 Å². The number of nitrogens with zero attached hydrogens (tertiary/aromatic N) is 1. The third-order valence-corrected chi connectivity index (χ3v) is 2.86. The Labute approximate surface area is 74.0 Å². The first-order chi connectivity index (χ1) is 5.64. The summed E-state index contributed by atoms with van der Waals surface area (Å²) in [7, 11) is 0. The van der Waals surface area contributed by atoms with Crippen LogP contribution >= 0.6 is 0 Å². The van der Waals surface area contributed by atoms with Crippen LogP contribution in [0.1, 0.15) is 44.9 Å². The molecule has 0 radical (unpaired) electrons. The van der Waals surface area contributed by atoms with Crippen LogP contribution in [0.2, 0.25) is 0 Å². The standard InChI is InChI=1S/C10H17NO/c1-5-10(4,6-2)9-8(3)7-11-12-9/h7H,5-6H2,1-4H3. The summed E-state index contributed by atoms with van der Waals surface area (Å²) < 4.78 is 5.26. The normalized spacial score (nSPS) is 12.0.